The summed E-state index contributed by atoms with van der Waals surface area (Å²) in [6.07, 6.45) is 6.27. The number of nitrogens with zero attached hydrogens (tertiary/aromatic N) is 3. The Balaban J connectivity index is 1.86. The molecule has 2 aromatic heterocycles. The number of hydrogen-bond donors (Lipinski definition) is 2. The zero-order valence-corrected chi connectivity index (χ0v) is 17.6. The average molecular weight is 387 g/mol. The van der Waals surface area contributed by atoms with Crippen molar-refractivity contribution < 1.29 is 5.11 Å². The molecule has 27 heavy (non-hydrogen) atoms. The number of pyridine rings is 1. The Kier molecular flexibility index (Phi) is 6.60. The highest BCUT2D eigenvalue weighted by Crippen LogP contribution is 2.43. The van der Waals surface area contributed by atoms with E-state index in [9.17, 15) is 5.11 Å². The molecule has 0 amide bonds. The van der Waals surface area contributed by atoms with E-state index in [1.807, 2.05) is 13.2 Å². The molecule has 1 saturated carbocycles. The summed E-state index contributed by atoms with van der Waals surface area (Å²) in [5, 5.41) is 13.9. The predicted molar refractivity (Wildman–Crippen MR) is 115 cm³/mol. The number of fused-ring (bicyclic) bond motifs is 1. The Morgan fingerprint density at radius 2 is 2.19 bits per heavy atom. The molecule has 3 rings (SSSR count). The van der Waals surface area contributed by atoms with E-state index in [1.165, 1.54) is 23.1 Å². The minimum Gasteiger partial charge on any atom is -0.396 e. The zero-order valence-electron chi connectivity index (χ0n) is 16.7. The minimum atomic E-state index is 0.237. The standard InChI is InChI=1S/C21H30N4OS/c1-5-14(12-26)8-10-24-20(22-4)17(13(2)3)21-25-19-16(27-21)9-11-23-18(19)15-6-7-15/h9,11,14-15,26H,5-8,10,12H2,1-4H3,(H,22,24). The minimum absolute atomic E-state index is 0.237. The van der Waals surface area contributed by atoms with Crippen molar-refractivity contribution >= 4 is 33.0 Å². The van der Waals surface area contributed by atoms with Crippen LogP contribution in [-0.2, 0) is 0 Å². The van der Waals surface area contributed by atoms with Gasteiger partial charge in [0.15, 0.2) is 0 Å². The number of amidine groups is 1. The molecule has 2 aromatic rings. The number of hydrogen-bond acceptors (Lipinski definition) is 5. The molecule has 1 fully saturated rings. The summed E-state index contributed by atoms with van der Waals surface area (Å²) in [7, 11) is 1.82. The van der Waals surface area contributed by atoms with E-state index < -0.39 is 0 Å². The molecule has 2 N–H and O–H groups in total. The third-order valence-electron chi connectivity index (χ3n) is 5.15. The van der Waals surface area contributed by atoms with Crippen LogP contribution in [0.15, 0.2) is 22.8 Å². The Hall–Kier alpha value is -1.79. The van der Waals surface area contributed by atoms with Gasteiger partial charge in [0.2, 0.25) is 0 Å². The lowest BCUT2D eigenvalue weighted by molar-refractivity contribution is 0.215. The quantitative estimate of drug-likeness (QED) is 0.521. The molecule has 0 spiro atoms. The van der Waals surface area contributed by atoms with Gasteiger partial charge in [-0.15, -0.1) is 11.3 Å². The molecular formula is C21H30N4OS. The second kappa shape index (κ2) is 8.93. The molecule has 0 saturated heterocycles. The van der Waals surface area contributed by atoms with Crippen molar-refractivity contribution in [1.29, 1.82) is 0 Å². The third kappa shape index (κ3) is 4.55. The van der Waals surface area contributed by atoms with Crippen molar-refractivity contribution in [1.82, 2.24) is 15.3 Å². The van der Waals surface area contributed by atoms with Gasteiger partial charge < -0.3 is 10.4 Å². The molecule has 146 valence electrons. The fourth-order valence-electron chi connectivity index (χ4n) is 3.29. The normalized spacial score (nSPS) is 15.8. The van der Waals surface area contributed by atoms with Crippen LogP contribution in [0.2, 0.25) is 0 Å². The van der Waals surface area contributed by atoms with Crippen LogP contribution in [0.25, 0.3) is 15.8 Å². The maximum absolute atomic E-state index is 9.40. The van der Waals surface area contributed by atoms with E-state index in [0.717, 1.165) is 47.0 Å². The van der Waals surface area contributed by atoms with E-state index in [2.05, 4.69) is 42.1 Å². The molecule has 0 bridgehead atoms. The highest BCUT2D eigenvalue weighted by atomic mass is 32.1. The van der Waals surface area contributed by atoms with Gasteiger partial charge in [-0.05, 0) is 45.1 Å². The summed E-state index contributed by atoms with van der Waals surface area (Å²) in [4.78, 5) is 14.1. The van der Waals surface area contributed by atoms with Crippen LogP contribution in [-0.4, -0.2) is 41.1 Å². The first-order chi connectivity index (χ1) is 13.1. The molecule has 1 aliphatic rings. The number of aliphatic imine (C=N–C) groups is 1. The summed E-state index contributed by atoms with van der Waals surface area (Å²) in [5.74, 6) is 1.80. The van der Waals surface area contributed by atoms with Gasteiger partial charge in [-0.3, -0.25) is 9.98 Å². The van der Waals surface area contributed by atoms with Crippen molar-refractivity contribution in [3.8, 4) is 0 Å². The number of nitrogens with one attached hydrogen (secondary N) is 1. The summed E-state index contributed by atoms with van der Waals surface area (Å²) < 4.78 is 1.20. The van der Waals surface area contributed by atoms with Gasteiger partial charge in [0.1, 0.15) is 16.4 Å². The van der Waals surface area contributed by atoms with Crippen LogP contribution >= 0.6 is 11.3 Å². The van der Waals surface area contributed by atoms with E-state index in [0.29, 0.717) is 11.8 Å². The molecule has 1 unspecified atom stereocenters. The second-order valence-corrected chi connectivity index (χ2v) is 8.49. The van der Waals surface area contributed by atoms with Gasteiger partial charge in [0.05, 0.1) is 16.0 Å². The maximum Gasteiger partial charge on any atom is 0.130 e. The first kappa shape index (κ1) is 20.0. The van der Waals surface area contributed by atoms with Crippen LogP contribution in [0.5, 0.6) is 0 Å². The van der Waals surface area contributed by atoms with Crippen molar-refractivity contribution in [3.05, 3.63) is 28.5 Å². The molecule has 2 heterocycles. The topological polar surface area (TPSA) is 70.4 Å². The van der Waals surface area contributed by atoms with Gasteiger partial charge in [-0.25, -0.2) is 4.98 Å². The van der Waals surface area contributed by atoms with Gasteiger partial charge in [-0.2, -0.15) is 0 Å². The second-order valence-electron chi connectivity index (χ2n) is 7.46. The first-order valence-electron chi connectivity index (χ1n) is 9.84. The maximum atomic E-state index is 9.40. The number of aromatic nitrogens is 2. The average Bonchev–Trinajstić information content (AvgIpc) is 3.42. The van der Waals surface area contributed by atoms with Gasteiger partial charge in [0.25, 0.3) is 0 Å². The van der Waals surface area contributed by atoms with Gasteiger partial charge in [-0.1, -0.05) is 18.9 Å². The summed E-state index contributed by atoms with van der Waals surface area (Å²) in [6.45, 7) is 7.36. The molecular weight excluding hydrogens is 356 g/mol. The Labute approximate surface area is 165 Å². The Morgan fingerprint density at radius 3 is 2.78 bits per heavy atom. The highest BCUT2D eigenvalue weighted by molar-refractivity contribution is 7.19. The first-order valence-corrected chi connectivity index (χ1v) is 10.7. The number of rotatable bonds is 8. The fourth-order valence-corrected chi connectivity index (χ4v) is 4.41. The van der Waals surface area contributed by atoms with Crippen molar-refractivity contribution in [2.75, 3.05) is 20.2 Å². The van der Waals surface area contributed by atoms with Crippen LogP contribution in [0.3, 0.4) is 0 Å². The van der Waals surface area contributed by atoms with Crippen LogP contribution < -0.4 is 5.32 Å². The van der Waals surface area contributed by atoms with E-state index in [-0.39, 0.29) is 6.61 Å². The van der Waals surface area contributed by atoms with Crippen molar-refractivity contribution in [2.45, 2.75) is 52.4 Å². The summed E-state index contributed by atoms with van der Waals surface area (Å²) in [6, 6.07) is 2.06. The van der Waals surface area contributed by atoms with Crippen LogP contribution in [0.4, 0.5) is 0 Å². The SMILES string of the molecule is CCC(CO)CCNC(=NC)C(=C(C)C)c1nc2c(C3CC3)nccc2s1. The zero-order chi connectivity index (χ0) is 19.4. The van der Waals surface area contributed by atoms with E-state index in [1.54, 1.807) is 11.3 Å². The van der Waals surface area contributed by atoms with Crippen LogP contribution in [0, 0.1) is 5.92 Å². The molecule has 5 nitrogen and oxygen atoms in total. The fraction of sp³-hybridized carbons (Fsp3) is 0.571. The molecule has 0 aliphatic heterocycles. The highest BCUT2D eigenvalue weighted by Gasteiger charge is 2.28. The number of allylic oxidation sites excluding steroid dienone is 1. The van der Waals surface area contributed by atoms with Crippen LogP contribution in [0.1, 0.15) is 63.1 Å². The van der Waals surface area contributed by atoms with Gasteiger partial charge >= 0.3 is 0 Å². The third-order valence-corrected chi connectivity index (χ3v) is 6.19. The number of aliphatic hydroxyl groups is 1. The Morgan fingerprint density at radius 1 is 1.41 bits per heavy atom. The van der Waals surface area contributed by atoms with Gasteiger partial charge in [0, 0.05) is 32.3 Å². The lowest BCUT2D eigenvalue weighted by Crippen LogP contribution is -2.28. The molecule has 0 radical (unpaired) electrons. The Bertz CT molecular complexity index is 843. The largest absolute Gasteiger partial charge is 0.396 e. The summed E-state index contributed by atoms with van der Waals surface area (Å²) in [5.41, 5.74) is 4.48. The molecule has 6 heteroatoms. The molecule has 1 aliphatic carbocycles. The van der Waals surface area contributed by atoms with E-state index in [4.69, 9.17) is 4.98 Å². The lowest BCUT2D eigenvalue weighted by atomic mass is 10.0. The number of thiazole rings is 1. The lowest BCUT2D eigenvalue weighted by Gasteiger charge is -2.16. The smallest absolute Gasteiger partial charge is 0.130 e. The predicted octanol–water partition coefficient (Wildman–Crippen LogP) is 4.39. The molecule has 0 aromatic carbocycles. The van der Waals surface area contributed by atoms with Crippen molar-refractivity contribution in [2.24, 2.45) is 10.9 Å². The monoisotopic (exact) mass is 386 g/mol. The van der Waals surface area contributed by atoms with E-state index >= 15 is 0 Å². The van der Waals surface area contributed by atoms with Crippen molar-refractivity contribution in [3.63, 3.8) is 0 Å². The summed E-state index contributed by atoms with van der Waals surface area (Å²) >= 11 is 1.72. The number of aliphatic hydroxyl groups excluding tert-OH is 1. The molecule has 1 atom stereocenters.